The Balaban J connectivity index is 2.16. The molecule has 0 aliphatic carbocycles. The van der Waals surface area contributed by atoms with E-state index in [1.54, 1.807) is 24.3 Å². The number of hydrogen-bond acceptors (Lipinski definition) is 4. The average molecular weight is 351 g/mol. The van der Waals surface area contributed by atoms with Crippen molar-refractivity contribution >= 4 is 29.1 Å². The van der Waals surface area contributed by atoms with Gasteiger partial charge in [-0.3, -0.25) is 14.5 Å². The Morgan fingerprint density at radius 3 is 2.71 bits per heavy atom. The molecule has 2 rings (SSSR count). The van der Waals surface area contributed by atoms with Crippen molar-refractivity contribution in [2.45, 2.75) is 20.4 Å². The zero-order chi connectivity index (χ0) is 17.7. The molecule has 1 aromatic heterocycles. The van der Waals surface area contributed by atoms with Gasteiger partial charge in [0.1, 0.15) is 18.1 Å². The minimum atomic E-state index is -0.309. The quantitative estimate of drug-likeness (QED) is 0.869. The number of benzene rings is 1. The number of amides is 2. The molecular formula is C17H19ClN2O4. The molecule has 7 heteroatoms. The van der Waals surface area contributed by atoms with Crippen LogP contribution in [0.4, 0.5) is 5.69 Å². The van der Waals surface area contributed by atoms with Crippen LogP contribution in [-0.4, -0.2) is 25.5 Å². The first-order valence-electron chi connectivity index (χ1n) is 7.33. The molecular weight excluding hydrogens is 332 g/mol. The molecule has 0 radical (unpaired) electrons. The molecule has 2 amide bonds. The topological polar surface area (TPSA) is 71.8 Å². The fraction of sp³-hybridized carbons (Fsp3) is 0.294. The van der Waals surface area contributed by atoms with Gasteiger partial charge in [0.15, 0.2) is 0 Å². The highest BCUT2D eigenvalue weighted by atomic mass is 35.5. The molecule has 0 aliphatic rings. The van der Waals surface area contributed by atoms with Crippen LogP contribution in [0.5, 0.6) is 5.75 Å². The van der Waals surface area contributed by atoms with Gasteiger partial charge in [0.05, 0.1) is 25.6 Å². The van der Waals surface area contributed by atoms with E-state index in [9.17, 15) is 9.59 Å². The van der Waals surface area contributed by atoms with Gasteiger partial charge in [0.2, 0.25) is 11.8 Å². The number of hydrogen-bond donors (Lipinski definition) is 1. The van der Waals surface area contributed by atoms with Gasteiger partial charge in [0.25, 0.3) is 0 Å². The van der Waals surface area contributed by atoms with Crippen LogP contribution >= 0.6 is 11.6 Å². The molecule has 1 aromatic carbocycles. The van der Waals surface area contributed by atoms with E-state index in [1.165, 1.54) is 25.2 Å². The lowest BCUT2D eigenvalue weighted by molar-refractivity contribution is -0.123. The van der Waals surface area contributed by atoms with Gasteiger partial charge in [-0.25, -0.2) is 0 Å². The Morgan fingerprint density at radius 1 is 1.38 bits per heavy atom. The van der Waals surface area contributed by atoms with Crippen molar-refractivity contribution in [3.8, 4) is 5.75 Å². The maximum atomic E-state index is 12.2. The molecule has 0 aliphatic heterocycles. The maximum Gasteiger partial charge on any atom is 0.240 e. The van der Waals surface area contributed by atoms with Gasteiger partial charge in [0, 0.05) is 18.0 Å². The highest BCUT2D eigenvalue weighted by Crippen LogP contribution is 2.33. The van der Waals surface area contributed by atoms with E-state index in [4.69, 9.17) is 20.8 Å². The number of furan rings is 1. The SMILES string of the molecule is COc1cc(Cl)c(C)cc1N(CC(=O)NCc1ccco1)C(C)=O. The second-order valence-electron chi connectivity index (χ2n) is 5.23. The number of halogens is 1. The van der Waals surface area contributed by atoms with Crippen LogP contribution in [0.1, 0.15) is 18.2 Å². The largest absolute Gasteiger partial charge is 0.495 e. The van der Waals surface area contributed by atoms with E-state index in [0.29, 0.717) is 22.2 Å². The number of ether oxygens (including phenoxy) is 1. The fourth-order valence-electron chi connectivity index (χ4n) is 2.19. The van der Waals surface area contributed by atoms with Crippen molar-refractivity contribution in [1.82, 2.24) is 5.32 Å². The third-order valence-electron chi connectivity index (χ3n) is 3.47. The number of methoxy groups -OCH3 is 1. The van der Waals surface area contributed by atoms with Crippen molar-refractivity contribution in [3.63, 3.8) is 0 Å². The van der Waals surface area contributed by atoms with Gasteiger partial charge in [-0.1, -0.05) is 11.6 Å². The summed E-state index contributed by atoms with van der Waals surface area (Å²) >= 11 is 6.09. The number of nitrogens with zero attached hydrogens (tertiary/aromatic N) is 1. The first kappa shape index (κ1) is 17.9. The minimum Gasteiger partial charge on any atom is -0.495 e. The molecule has 24 heavy (non-hydrogen) atoms. The lowest BCUT2D eigenvalue weighted by atomic mass is 10.2. The molecule has 2 aromatic rings. The molecule has 128 valence electrons. The molecule has 6 nitrogen and oxygen atoms in total. The second-order valence-corrected chi connectivity index (χ2v) is 5.64. The molecule has 0 spiro atoms. The van der Waals surface area contributed by atoms with Gasteiger partial charge in [-0.2, -0.15) is 0 Å². The molecule has 0 bridgehead atoms. The summed E-state index contributed by atoms with van der Waals surface area (Å²) in [6.45, 7) is 3.34. The van der Waals surface area contributed by atoms with Crippen molar-refractivity contribution in [2.75, 3.05) is 18.6 Å². The summed E-state index contributed by atoms with van der Waals surface area (Å²) in [6.07, 6.45) is 1.53. The zero-order valence-electron chi connectivity index (χ0n) is 13.8. The standard InChI is InChI=1S/C17H19ClN2O4/c1-11-7-15(16(23-3)8-14(11)18)20(12(2)21)10-17(22)19-9-13-5-4-6-24-13/h4-8H,9-10H2,1-3H3,(H,19,22). The smallest absolute Gasteiger partial charge is 0.240 e. The molecule has 0 unspecified atom stereocenters. The number of rotatable bonds is 6. The summed E-state index contributed by atoms with van der Waals surface area (Å²) in [5.74, 6) is 0.483. The predicted octanol–water partition coefficient (Wildman–Crippen LogP) is 2.92. The Kier molecular flexibility index (Phi) is 5.87. The zero-order valence-corrected chi connectivity index (χ0v) is 14.5. The van der Waals surface area contributed by atoms with Gasteiger partial charge in [-0.05, 0) is 30.7 Å². The van der Waals surface area contributed by atoms with E-state index in [2.05, 4.69) is 5.32 Å². The lowest BCUT2D eigenvalue weighted by Gasteiger charge is -2.23. The fourth-order valence-corrected chi connectivity index (χ4v) is 2.34. The molecule has 1 heterocycles. The number of aryl methyl sites for hydroxylation is 1. The molecule has 0 fully saturated rings. The van der Waals surface area contributed by atoms with Crippen molar-refractivity contribution < 1.29 is 18.7 Å². The Hall–Kier alpha value is -2.47. The van der Waals surface area contributed by atoms with Crippen LogP contribution in [0.15, 0.2) is 34.9 Å². The summed E-state index contributed by atoms with van der Waals surface area (Å²) < 4.78 is 10.4. The third kappa shape index (κ3) is 4.29. The van der Waals surface area contributed by atoms with Crippen molar-refractivity contribution in [1.29, 1.82) is 0 Å². The normalized spacial score (nSPS) is 10.3. The van der Waals surface area contributed by atoms with Crippen molar-refractivity contribution in [2.24, 2.45) is 0 Å². The van der Waals surface area contributed by atoms with E-state index < -0.39 is 0 Å². The summed E-state index contributed by atoms with van der Waals surface area (Å²) in [6, 6.07) is 6.85. The highest BCUT2D eigenvalue weighted by molar-refractivity contribution is 6.31. The molecule has 0 atom stereocenters. The van der Waals surface area contributed by atoms with Crippen LogP contribution < -0.4 is 15.0 Å². The van der Waals surface area contributed by atoms with Crippen LogP contribution in [0.2, 0.25) is 5.02 Å². The van der Waals surface area contributed by atoms with Crippen LogP contribution in [0.3, 0.4) is 0 Å². The first-order valence-corrected chi connectivity index (χ1v) is 7.71. The summed E-state index contributed by atoms with van der Waals surface area (Å²) in [5, 5.41) is 3.24. The van der Waals surface area contributed by atoms with E-state index in [0.717, 1.165) is 5.56 Å². The lowest BCUT2D eigenvalue weighted by Crippen LogP contribution is -2.39. The van der Waals surface area contributed by atoms with Crippen molar-refractivity contribution in [3.05, 3.63) is 46.9 Å². The Morgan fingerprint density at radius 2 is 2.12 bits per heavy atom. The van der Waals surface area contributed by atoms with E-state index in [-0.39, 0.29) is 24.9 Å². The van der Waals surface area contributed by atoms with E-state index in [1.807, 2.05) is 6.92 Å². The predicted molar refractivity (Wildman–Crippen MR) is 91.3 cm³/mol. The Labute approximate surface area is 145 Å². The maximum absolute atomic E-state index is 12.2. The number of anilines is 1. The van der Waals surface area contributed by atoms with Crippen LogP contribution in [0.25, 0.3) is 0 Å². The second kappa shape index (κ2) is 7.88. The van der Waals surface area contributed by atoms with E-state index >= 15 is 0 Å². The summed E-state index contributed by atoms with van der Waals surface area (Å²) in [5.41, 5.74) is 1.29. The first-order chi connectivity index (χ1) is 11.4. The van der Waals surface area contributed by atoms with Gasteiger partial charge in [-0.15, -0.1) is 0 Å². The van der Waals surface area contributed by atoms with Crippen LogP contribution in [0, 0.1) is 6.92 Å². The van der Waals surface area contributed by atoms with Gasteiger partial charge >= 0.3 is 0 Å². The summed E-state index contributed by atoms with van der Waals surface area (Å²) in [7, 11) is 1.49. The molecule has 0 saturated carbocycles. The number of carbonyl (C=O) groups is 2. The molecule has 1 N–H and O–H groups in total. The van der Waals surface area contributed by atoms with Crippen LogP contribution in [-0.2, 0) is 16.1 Å². The number of nitrogens with one attached hydrogen (secondary N) is 1. The highest BCUT2D eigenvalue weighted by Gasteiger charge is 2.20. The average Bonchev–Trinajstić information content (AvgIpc) is 3.06. The molecule has 0 saturated heterocycles. The Bertz CT molecular complexity index is 728. The minimum absolute atomic E-state index is 0.131. The summed E-state index contributed by atoms with van der Waals surface area (Å²) in [4.78, 5) is 25.5. The number of carbonyl (C=O) groups excluding carboxylic acids is 2. The van der Waals surface area contributed by atoms with Gasteiger partial charge < -0.3 is 14.5 Å². The monoisotopic (exact) mass is 350 g/mol. The third-order valence-corrected chi connectivity index (χ3v) is 3.88.